The first-order chi connectivity index (χ1) is 12.0. The number of aromatic nitrogens is 1. The number of benzene rings is 1. The van der Waals surface area contributed by atoms with Gasteiger partial charge in [0.2, 0.25) is 5.91 Å². The highest BCUT2D eigenvalue weighted by Crippen LogP contribution is 2.27. The molecule has 0 aliphatic rings. The number of pyridine rings is 1. The summed E-state index contributed by atoms with van der Waals surface area (Å²) in [6.07, 6.45) is 3.33. The average molecular weight is 343 g/mol. The number of nitrogens with one attached hydrogen (secondary N) is 2. The van der Waals surface area contributed by atoms with E-state index in [4.69, 9.17) is 9.47 Å². The Balaban J connectivity index is 1.90. The number of rotatable bonds is 7. The van der Waals surface area contributed by atoms with Crippen molar-refractivity contribution in [2.75, 3.05) is 20.8 Å². The van der Waals surface area contributed by atoms with E-state index >= 15 is 0 Å². The maximum Gasteiger partial charge on any atom is 0.251 e. The first-order valence-electron chi connectivity index (χ1n) is 7.74. The zero-order chi connectivity index (χ0) is 18.2. The van der Waals surface area contributed by atoms with E-state index in [0.717, 1.165) is 5.56 Å². The van der Waals surface area contributed by atoms with Gasteiger partial charge in [-0.25, -0.2) is 0 Å². The van der Waals surface area contributed by atoms with Crippen LogP contribution in [0.1, 0.15) is 28.9 Å². The Hall–Kier alpha value is -3.09. The van der Waals surface area contributed by atoms with Gasteiger partial charge in [-0.1, -0.05) is 0 Å². The van der Waals surface area contributed by atoms with Gasteiger partial charge < -0.3 is 20.1 Å². The highest BCUT2D eigenvalue weighted by atomic mass is 16.5. The molecule has 1 aromatic carbocycles. The third-order valence-corrected chi connectivity index (χ3v) is 3.64. The van der Waals surface area contributed by atoms with Gasteiger partial charge in [-0.3, -0.25) is 14.6 Å². The lowest BCUT2D eigenvalue weighted by Gasteiger charge is -2.14. The molecule has 1 aromatic heterocycles. The van der Waals surface area contributed by atoms with E-state index in [9.17, 15) is 9.59 Å². The molecule has 2 amide bonds. The minimum atomic E-state index is -0.368. The summed E-state index contributed by atoms with van der Waals surface area (Å²) in [5.74, 6) is 0.333. The number of hydrogen-bond donors (Lipinski definition) is 2. The van der Waals surface area contributed by atoms with Crippen molar-refractivity contribution in [1.29, 1.82) is 0 Å². The topological polar surface area (TPSA) is 89.5 Å². The van der Waals surface area contributed by atoms with E-state index in [1.54, 1.807) is 30.6 Å². The summed E-state index contributed by atoms with van der Waals surface area (Å²) >= 11 is 0. The molecule has 0 bridgehead atoms. The fourth-order valence-corrected chi connectivity index (χ4v) is 2.27. The molecule has 2 N–H and O–H groups in total. The van der Waals surface area contributed by atoms with Gasteiger partial charge in [-0.15, -0.1) is 0 Å². The smallest absolute Gasteiger partial charge is 0.251 e. The van der Waals surface area contributed by atoms with E-state index in [1.165, 1.54) is 14.2 Å². The Morgan fingerprint density at radius 1 is 1.08 bits per heavy atom. The van der Waals surface area contributed by atoms with Crippen molar-refractivity contribution < 1.29 is 19.1 Å². The fourth-order valence-electron chi connectivity index (χ4n) is 2.27. The standard InChI is InChI=1S/C18H21N3O4/c1-12(13-6-8-19-9-7-13)21-17(22)11-20-18(23)14-4-5-15(24-2)16(10-14)25-3/h4-10,12H,11H2,1-3H3,(H,20,23)(H,21,22). The molecule has 0 saturated carbocycles. The molecule has 1 atom stereocenters. The monoisotopic (exact) mass is 343 g/mol. The van der Waals surface area contributed by atoms with E-state index in [1.807, 2.05) is 19.1 Å². The number of carbonyl (C=O) groups excluding carboxylic acids is 2. The average Bonchev–Trinajstić information content (AvgIpc) is 2.66. The second kappa shape index (κ2) is 8.68. The molecular weight excluding hydrogens is 322 g/mol. The molecule has 1 unspecified atom stereocenters. The second-order valence-corrected chi connectivity index (χ2v) is 5.32. The molecule has 0 fully saturated rings. The molecule has 25 heavy (non-hydrogen) atoms. The van der Waals surface area contributed by atoms with Gasteiger partial charge in [0, 0.05) is 18.0 Å². The summed E-state index contributed by atoms with van der Waals surface area (Å²) < 4.78 is 10.3. The van der Waals surface area contributed by atoms with Gasteiger partial charge in [0.15, 0.2) is 11.5 Å². The van der Waals surface area contributed by atoms with E-state index in [2.05, 4.69) is 15.6 Å². The molecular formula is C18H21N3O4. The highest BCUT2D eigenvalue weighted by molar-refractivity contribution is 5.97. The Morgan fingerprint density at radius 2 is 1.76 bits per heavy atom. The van der Waals surface area contributed by atoms with Crippen molar-refractivity contribution in [3.05, 3.63) is 53.9 Å². The Kier molecular flexibility index (Phi) is 6.33. The van der Waals surface area contributed by atoms with Crippen molar-refractivity contribution >= 4 is 11.8 Å². The Bertz CT molecular complexity index is 734. The first kappa shape index (κ1) is 18.3. The van der Waals surface area contributed by atoms with Crippen LogP contribution in [-0.2, 0) is 4.79 Å². The number of hydrogen-bond acceptors (Lipinski definition) is 5. The second-order valence-electron chi connectivity index (χ2n) is 5.32. The minimum Gasteiger partial charge on any atom is -0.493 e. The van der Waals surface area contributed by atoms with Crippen LogP contribution in [0.4, 0.5) is 0 Å². The third-order valence-electron chi connectivity index (χ3n) is 3.64. The molecule has 1 heterocycles. The molecule has 7 nitrogen and oxygen atoms in total. The molecule has 0 aliphatic heterocycles. The number of carbonyl (C=O) groups is 2. The summed E-state index contributed by atoms with van der Waals surface area (Å²) in [5, 5.41) is 5.40. The number of ether oxygens (including phenoxy) is 2. The van der Waals surface area contributed by atoms with E-state index < -0.39 is 0 Å². The van der Waals surface area contributed by atoms with Gasteiger partial charge >= 0.3 is 0 Å². The first-order valence-corrected chi connectivity index (χ1v) is 7.74. The van der Waals surface area contributed by atoms with Gasteiger partial charge in [-0.2, -0.15) is 0 Å². The van der Waals surface area contributed by atoms with Crippen molar-refractivity contribution in [1.82, 2.24) is 15.6 Å². The van der Waals surface area contributed by atoms with Crippen LogP contribution >= 0.6 is 0 Å². The van der Waals surface area contributed by atoms with Gasteiger partial charge in [0.1, 0.15) is 0 Å². The fraction of sp³-hybridized carbons (Fsp3) is 0.278. The predicted octanol–water partition coefficient (Wildman–Crippen LogP) is 1.71. The molecule has 0 spiro atoms. The molecule has 0 radical (unpaired) electrons. The molecule has 132 valence electrons. The quantitative estimate of drug-likeness (QED) is 0.799. The lowest BCUT2D eigenvalue weighted by Crippen LogP contribution is -2.38. The van der Waals surface area contributed by atoms with Gasteiger partial charge in [-0.05, 0) is 42.8 Å². The Labute approximate surface area is 146 Å². The van der Waals surface area contributed by atoms with Crippen LogP contribution < -0.4 is 20.1 Å². The SMILES string of the molecule is COc1ccc(C(=O)NCC(=O)NC(C)c2ccncc2)cc1OC. The molecule has 0 saturated heterocycles. The zero-order valence-corrected chi connectivity index (χ0v) is 14.4. The van der Waals surface area contributed by atoms with Crippen LogP contribution in [-0.4, -0.2) is 37.6 Å². The lowest BCUT2D eigenvalue weighted by molar-refractivity contribution is -0.120. The van der Waals surface area contributed by atoms with Crippen molar-refractivity contribution in [2.24, 2.45) is 0 Å². The normalized spacial score (nSPS) is 11.3. The van der Waals surface area contributed by atoms with Gasteiger partial charge in [0.05, 0.1) is 26.8 Å². The largest absolute Gasteiger partial charge is 0.493 e. The molecule has 7 heteroatoms. The number of amides is 2. The van der Waals surface area contributed by atoms with E-state index in [0.29, 0.717) is 17.1 Å². The summed E-state index contributed by atoms with van der Waals surface area (Å²) in [6.45, 7) is 1.74. The highest BCUT2D eigenvalue weighted by Gasteiger charge is 2.13. The molecule has 2 rings (SSSR count). The van der Waals surface area contributed by atoms with Crippen molar-refractivity contribution in [3.8, 4) is 11.5 Å². The van der Waals surface area contributed by atoms with Crippen LogP contribution in [0.2, 0.25) is 0 Å². The number of nitrogens with zero attached hydrogens (tertiary/aromatic N) is 1. The zero-order valence-electron chi connectivity index (χ0n) is 14.4. The molecule has 2 aromatic rings. The molecule has 0 aliphatic carbocycles. The van der Waals surface area contributed by atoms with Crippen LogP contribution in [0.5, 0.6) is 11.5 Å². The van der Waals surface area contributed by atoms with Crippen LogP contribution in [0.3, 0.4) is 0 Å². The maximum absolute atomic E-state index is 12.2. The Morgan fingerprint density at radius 3 is 2.40 bits per heavy atom. The van der Waals surface area contributed by atoms with Crippen LogP contribution in [0.25, 0.3) is 0 Å². The van der Waals surface area contributed by atoms with Crippen molar-refractivity contribution in [3.63, 3.8) is 0 Å². The lowest BCUT2D eigenvalue weighted by atomic mass is 10.1. The minimum absolute atomic E-state index is 0.122. The predicted molar refractivity (Wildman–Crippen MR) is 92.7 cm³/mol. The summed E-state index contributed by atoms with van der Waals surface area (Å²) in [7, 11) is 3.01. The third kappa shape index (κ3) is 4.94. The van der Waals surface area contributed by atoms with Gasteiger partial charge in [0.25, 0.3) is 5.91 Å². The summed E-state index contributed by atoms with van der Waals surface area (Å²) in [6, 6.07) is 8.29. The summed E-state index contributed by atoms with van der Waals surface area (Å²) in [5.41, 5.74) is 1.32. The van der Waals surface area contributed by atoms with Crippen LogP contribution in [0.15, 0.2) is 42.7 Å². The van der Waals surface area contributed by atoms with Crippen LogP contribution in [0, 0.1) is 0 Å². The number of methoxy groups -OCH3 is 2. The van der Waals surface area contributed by atoms with Crippen molar-refractivity contribution in [2.45, 2.75) is 13.0 Å². The van der Waals surface area contributed by atoms with E-state index in [-0.39, 0.29) is 24.4 Å². The summed E-state index contributed by atoms with van der Waals surface area (Å²) in [4.78, 5) is 28.1. The maximum atomic E-state index is 12.2.